The van der Waals surface area contributed by atoms with E-state index in [1.807, 2.05) is 0 Å². The number of hydrogen-bond donors (Lipinski definition) is 1. The maximum absolute atomic E-state index is 12.3. The third-order valence-corrected chi connectivity index (χ3v) is 4.03. The van der Waals surface area contributed by atoms with Crippen LogP contribution in [0.1, 0.15) is 20.7 Å². The van der Waals surface area contributed by atoms with E-state index >= 15 is 0 Å². The maximum Gasteiger partial charge on any atom is 0.255 e. The van der Waals surface area contributed by atoms with Crippen molar-refractivity contribution in [3.05, 3.63) is 57.2 Å². The van der Waals surface area contributed by atoms with Crippen LogP contribution in [0, 0.1) is 3.57 Å². The van der Waals surface area contributed by atoms with E-state index in [0.29, 0.717) is 16.8 Å². The fourth-order valence-corrected chi connectivity index (χ4v) is 2.73. The van der Waals surface area contributed by atoms with E-state index < -0.39 is 0 Å². The maximum atomic E-state index is 12.3. The number of rotatable bonds is 4. The zero-order chi connectivity index (χ0) is 17.0. The Bertz CT molecular complexity index is 744. The van der Waals surface area contributed by atoms with Gasteiger partial charge in [-0.25, -0.2) is 0 Å². The molecule has 0 saturated heterocycles. The van der Waals surface area contributed by atoms with Crippen LogP contribution in [-0.2, 0) is 0 Å². The van der Waals surface area contributed by atoms with Crippen LogP contribution < -0.4 is 10.1 Å². The molecule has 0 heterocycles. The fourth-order valence-electron chi connectivity index (χ4n) is 2.00. The van der Waals surface area contributed by atoms with Crippen molar-refractivity contribution in [2.45, 2.75) is 0 Å². The highest BCUT2D eigenvalue weighted by molar-refractivity contribution is 14.1. The summed E-state index contributed by atoms with van der Waals surface area (Å²) in [6, 6.07) is 12.1. The van der Waals surface area contributed by atoms with Crippen molar-refractivity contribution >= 4 is 40.1 Å². The van der Waals surface area contributed by atoms with E-state index in [1.54, 1.807) is 63.7 Å². The second-order valence-corrected chi connectivity index (χ2v) is 6.25. The third-order valence-electron chi connectivity index (χ3n) is 3.19. The van der Waals surface area contributed by atoms with Crippen LogP contribution in [0.5, 0.6) is 5.75 Å². The van der Waals surface area contributed by atoms with Gasteiger partial charge in [0.2, 0.25) is 0 Å². The lowest BCUT2D eigenvalue weighted by molar-refractivity contribution is 0.0827. The average molecular weight is 424 g/mol. The van der Waals surface area contributed by atoms with E-state index in [9.17, 15) is 9.59 Å². The second kappa shape index (κ2) is 7.45. The van der Waals surface area contributed by atoms with Crippen molar-refractivity contribution in [3.8, 4) is 5.75 Å². The summed E-state index contributed by atoms with van der Waals surface area (Å²) in [6.45, 7) is 0. The van der Waals surface area contributed by atoms with Crippen LogP contribution in [0.15, 0.2) is 42.5 Å². The molecule has 0 atom stereocenters. The Labute approximate surface area is 148 Å². The number of methoxy groups -OCH3 is 1. The lowest BCUT2D eigenvalue weighted by Crippen LogP contribution is -2.22. The molecular formula is C17H17IN2O3. The first-order chi connectivity index (χ1) is 10.9. The van der Waals surface area contributed by atoms with E-state index in [2.05, 4.69) is 27.9 Å². The topological polar surface area (TPSA) is 58.6 Å². The molecule has 0 radical (unpaired) electrons. The SMILES string of the molecule is COc1ccc(C(=O)Nc2cccc(C(=O)N(C)C)c2)cc1I. The number of ether oxygens (including phenoxy) is 1. The van der Waals surface area contributed by atoms with Gasteiger partial charge in [0.15, 0.2) is 0 Å². The minimum Gasteiger partial charge on any atom is -0.496 e. The first-order valence-electron chi connectivity index (χ1n) is 6.89. The largest absolute Gasteiger partial charge is 0.496 e. The van der Waals surface area contributed by atoms with Gasteiger partial charge in [0, 0.05) is 30.9 Å². The summed E-state index contributed by atoms with van der Waals surface area (Å²) in [6.07, 6.45) is 0. The molecule has 6 heteroatoms. The minimum atomic E-state index is -0.236. The predicted octanol–water partition coefficient (Wildman–Crippen LogP) is 3.25. The molecule has 5 nitrogen and oxygen atoms in total. The first kappa shape index (κ1) is 17.3. The molecule has 0 aliphatic rings. The highest BCUT2D eigenvalue weighted by Gasteiger charge is 2.12. The molecule has 2 amide bonds. The van der Waals surface area contributed by atoms with Crippen molar-refractivity contribution in [1.82, 2.24) is 4.90 Å². The molecule has 23 heavy (non-hydrogen) atoms. The molecular weight excluding hydrogens is 407 g/mol. The Morgan fingerprint density at radius 2 is 1.83 bits per heavy atom. The van der Waals surface area contributed by atoms with Crippen molar-refractivity contribution < 1.29 is 14.3 Å². The van der Waals surface area contributed by atoms with Gasteiger partial charge in [-0.3, -0.25) is 9.59 Å². The standard InChI is InChI=1S/C17H17IN2O3/c1-20(2)17(22)12-5-4-6-13(9-12)19-16(21)11-7-8-15(23-3)14(18)10-11/h4-10H,1-3H3,(H,19,21). The number of benzene rings is 2. The number of nitrogens with one attached hydrogen (secondary N) is 1. The van der Waals surface area contributed by atoms with Gasteiger partial charge in [-0.15, -0.1) is 0 Å². The Kier molecular flexibility index (Phi) is 5.59. The number of carbonyl (C=O) groups is 2. The van der Waals surface area contributed by atoms with Gasteiger partial charge >= 0.3 is 0 Å². The van der Waals surface area contributed by atoms with E-state index in [-0.39, 0.29) is 11.8 Å². The summed E-state index contributed by atoms with van der Waals surface area (Å²) in [7, 11) is 4.96. The van der Waals surface area contributed by atoms with Gasteiger partial charge in [-0.05, 0) is 59.0 Å². The molecule has 0 spiro atoms. The predicted molar refractivity (Wildman–Crippen MR) is 98.1 cm³/mol. The molecule has 0 aliphatic heterocycles. The molecule has 0 aromatic heterocycles. The van der Waals surface area contributed by atoms with Crippen LogP contribution in [0.25, 0.3) is 0 Å². The molecule has 0 aliphatic carbocycles. The molecule has 0 unspecified atom stereocenters. The molecule has 0 saturated carbocycles. The van der Waals surface area contributed by atoms with Crippen LogP contribution in [-0.4, -0.2) is 37.9 Å². The zero-order valence-electron chi connectivity index (χ0n) is 13.1. The first-order valence-corrected chi connectivity index (χ1v) is 7.97. The van der Waals surface area contributed by atoms with Gasteiger partial charge in [0.05, 0.1) is 10.7 Å². The number of anilines is 1. The van der Waals surface area contributed by atoms with Crippen molar-refractivity contribution in [1.29, 1.82) is 0 Å². The Morgan fingerprint density at radius 1 is 1.09 bits per heavy atom. The number of carbonyl (C=O) groups excluding carboxylic acids is 2. The molecule has 2 aromatic carbocycles. The fraction of sp³-hybridized carbons (Fsp3) is 0.176. The molecule has 0 fully saturated rings. The number of hydrogen-bond acceptors (Lipinski definition) is 3. The van der Waals surface area contributed by atoms with Gasteiger partial charge in [0.25, 0.3) is 11.8 Å². The monoisotopic (exact) mass is 424 g/mol. The minimum absolute atomic E-state index is 0.111. The Morgan fingerprint density at radius 3 is 2.43 bits per heavy atom. The molecule has 0 bridgehead atoms. The lowest BCUT2D eigenvalue weighted by Gasteiger charge is -2.12. The van der Waals surface area contributed by atoms with Gasteiger partial charge < -0.3 is 15.0 Å². The smallest absolute Gasteiger partial charge is 0.255 e. The van der Waals surface area contributed by atoms with E-state index in [0.717, 1.165) is 9.32 Å². The molecule has 1 N–H and O–H groups in total. The van der Waals surface area contributed by atoms with Crippen LogP contribution in [0.2, 0.25) is 0 Å². The summed E-state index contributed by atoms with van der Waals surface area (Å²) in [4.78, 5) is 25.8. The summed E-state index contributed by atoms with van der Waals surface area (Å²) < 4.78 is 6.04. The van der Waals surface area contributed by atoms with Gasteiger partial charge in [-0.1, -0.05) is 6.07 Å². The molecule has 2 rings (SSSR count). The van der Waals surface area contributed by atoms with Crippen molar-refractivity contribution in [2.24, 2.45) is 0 Å². The number of amides is 2. The highest BCUT2D eigenvalue weighted by atomic mass is 127. The van der Waals surface area contributed by atoms with Crippen LogP contribution in [0.3, 0.4) is 0 Å². The Hall–Kier alpha value is -2.09. The summed E-state index contributed by atoms with van der Waals surface area (Å²) in [5.41, 5.74) is 1.63. The summed E-state index contributed by atoms with van der Waals surface area (Å²) in [5.74, 6) is 0.376. The quantitative estimate of drug-likeness (QED) is 0.767. The van der Waals surface area contributed by atoms with Crippen molar-refractivity contribution in [2.75, 3.05) is 26.5 Å². The van der Waals surface area contributed by atoms with Crippen LogP contribution in [0.4, 0.5) is 5.69 Å². The number of halogens is 1. The second-order valence-electron chi connectivity index (χ2n) is 5.08. The Balaban J connectivity index is 2.19. The van der Waals surface area contributed by atoms with Gasteiger partial charge in [0.1, 0.15) is 5.75 Å². The third kappa shape index (κ3) is 4.22. The zero-order valence-corrected chi connectivity index (χ0v) is 15.2. The summed E-state index contributed by atoms with van der Waals surface area (Å²) in [5, 5.41) is 2.80. The van der Waals surface area contributed by atoms with Crippen molar-refractivity contribution in [3.63, 3.8) is 0 Å². The number of nitrogens with zero attached hydrogens (tertiary/aromatic N) is 1. The van der Waals surface area contributed by atoms with Crippen LogP contribution >= 0.6 is 22.6 Å². The highest BCUT2D eigenvalue weighted by Crippen LogP contribution is 2.22. The molecule has 120 valence electrons. The van der Waals surface area contributed by atoms with Gasteiger partial charge in [-0.2, -0.15) is 0 Å². The summed E-state index contributed by atoms with van der Waals surface area (Å²) >= 11 is 2.12. The lowest BCUT2D eigenvalue weighted by atomic mass is 10.1. The average Bonchev–Trinajstić information content (AvgIpc) is 2.54. The van der Waals surface area contributed by atoms with E-state index in [1.165, 1.54) is 4.90 Å². The molecule has 2 aromatic rings. The van der Waals surface area contributed by atoms with E-state index in [4.69, 9.17) is 4.74 Å². The normalized spacial score (nSPS) is 10.1.